The van der Waals surface area contributed by atoms with Crippen LogP contribution in [0.1, 0.15) is 54.6 Å². The molecular formula is C30H36N4O6S. The maximum absolute atomic E-state index is 13.9. The number of hydrogen-bond acceptors (Lipinski definition) is 8. The Morgan fingerprint density at radius 3 is 2.51 bits per heavy atom. The van der Waals surface area contributed by atoms with E-state index in [1.165, 1.54) is 25.3 Å². The van der Waals surface area contributed by atoms with Gasteiger partial charge in [-0.15, -0.1) is 0 Å². The SMILES string of the molecule is COC(=O)CCCN1C(=O)c2cccc(c2)S(=O)(=O)Nc2nc(cc(-c3c(C)cccc3C)n2)OC[C@H]1CC(C)C. The Labute approximate surface area is 241 Å². The molecule has 0 radical (unpaired) electrons. The second-order valence-corrected chi connectivity index (χ2v) is 12.3. The van der Waals surface area contributed by atoms with Crippen LogP contribution in [0, 0.1) is 19.8 Å². The summed E-state index contributed by atoms with van der Waals surface area (Å²) in [6.07, 6.45) is 1.13. The Balaban J connectivity index is 1.84. The number of carbonyl (C=O) groups is 2. The molecule has 0 saturated heterocycles. The molecule has 0 spiro atoms. The number of esters is 1. The van der Waals surface area contributed by atoms with Crippen LogP contribution in [0.15, 0.2) is 53.4 Å². The van der Waals surface area contributed by atoms with Crippen LogP contribution >= 0.6 is 0 Å². The Bertz CT molecular complexity index is 1520. The van der Waals surface area contributed by atoms with Gasteiger partial charge in [0.1, 0.15) is 6.61 Å². The summed E-state index contributed by atoms with van der Waals surface area (Å²) in [4.78, 5) is 36.2. The lowest BCUT2D eigenvalue weighted by atomic mass is 10.00. The number of anilines is 1. The summed E-state index contributed by atoms with van der Waals surface area (Å²) < 4.78 is 40.3. The van der Waals surface area contributed by atoms with Crippen LogP contribution in [0.4, 0.5) is 5.95 Å². The number of fused-ring (bicyclic) bond motifs is 4. The zero-order valence-corrected chi connectivity index (χ0v) is 24.8. The van der Waals surface area contributed by atoms with Crippen molar-refractivity contribution in [1.82, 2.24) is 14.9 Å². The number of benzene rings is 2. The zero-order chi connectivity index (χ0) is 29.7. The molecule has 2 aromatic carbocycles. The summed E-state index contributed by atoms with van der Waals surface area (Å²) in [5.41, 5.74) is 3.51. The zero-order valence-electron chi connectivity index (χ0n) is 24.0. The first kappa shape index (κ1) is 30.0. The minimum absolute atomic E-state index is 0.0962. The summed E-state index contributed by atoms with van der Waals surface area (Å²) in [6.45, 7) is 8.39. The number of aryl methyl sites for hydroxylation is 2. The lowest BCUT2D eigenvalue weighted by Gasteiger charge is -2.33. The van der Waals surface area contributed by atoms with Gasteiger partial charge in [-0.3, -0.25) is 9.59 Å². The maximum atomic E-state index is 13.9. The predicted molar refractivity (Wildman–Crippen MR) is 155 cm³/mol. The molecular weight excluding hydrogens is 544 g/mol. The van der Waals surface area contributed by atoms with Gasteiger partial charge in [0.15, 0.2) is 0 Å². The molecule has 1 atom stereocenters. The van der Waals surface area contributed by atoms with Gasteiger partial charge in [0.25, 0.3) is 15.9 Å². The van der Waals surface area contributed by atoms with E-state index in [4.69, 9.17) is 9.47 Å². The number of nitrogens with one attached hydrogen (secondary N) is 1. The van der Waals surface area contributed by atoms with Crippen molar-refractivity contribution in [2.24, 2.45) is 5.92 Å². The van der Waals surface area contributed by atoms with Crippen molar-refractivity contribution < 1.29 is 27.5 Å². The topological polar surface area (TPSA) is 128 Å². The van der Waals surface area contributed by atoms with E-state index >= 15 is 0 Å². The standard InChI is InChI=1S/C30H36N4O6S/c1-19(2)15-23-18-40-26-17-25(28-20(3)9-6-10-21(28)4)31-30(32-26)33-41(37,38)24-12-7-11-22(16-24)29(36)34(23)14-8-13-27(35)39-5/h6-7,9-12,16-17,19,23H,8,13-15,18H2,1-5H3,(H,31,32,33)/t23-/m1/s1. The fourth-order valence-corrected chi connectivity index (χ4v) is 5.98. The number of hydrogen-bond donors (Lipinski definition) is 1. The van der Waals surface area contributed by atoms with Gasteiger partial charge in [0.05, 0.1) is 23.7 Å². The molecule has 1 aliphatic heterocycles. The Kier molecular flexibility index (Phi) is 9.27. The fraction of sp³-hybridized carbons (Fsp3) is 0.400. The second kappa shape index (κ2) is 12.7. The highest BCUT2D eigenvalue weighted by molar-refractivity contribution is 7.92. The molecule has 218 valence electrons. The predicted octanol–water partition coefficient (Wildman–Crippen LogP) is 4.76. The number of rotatable bonds is 7. The van der Waals surface area contributed by atoms with Crippen molar-refractivity contribution in [2.45, 2.75) is 57.9 Å². The molecule has 41 heavy (non-hydrogen) atoms. The van der Waals surface area contributed by atoms with Gasteiger partial charge in [0.2, 0.25) is 11.8 Å². The average molecular weight is 581 g/mol. The highest BCUT2D eigenvalue weighted by atomic mass is 32.2. The first-order valence-corrected chi connectivity index (χ1v) is 15.1. The van der Waals surface area contributed by atoms with E-state index in [2.05, 4.69) is 28.5 Å². The molecule has 4 rings (SSSR count). The largest absolute Gasteiger partial charge is 0.475 e. The monoisotopic (exact) mass is 580 g/mol. The molecule has 1 N–H and O–H groups in total. The van der Waals surface area contributed by atoms with Gasteiger partial charge >= 0.3 is 5.97 Å². The summed E-state index contributed by atoms with van der Waals surface area (Å²) in [5, 5.41) is 0. The van der Waals surface area contributed by atoms with Crippen LogP contribution in [0.5, 0.6) is 5.88 Å². The van der Waals surface area contributed by atoms with E-state index in [0.717, 1.165) is 16.7 Å². The van der Waals surface area contributed by atoms with Crippen molar-refractivity contribution in [2.75, 3.05) is 25.0 Å². The molecule has 3 aromatic rings. The highest BCUT2D eigenvalue weighted by Crippen LogP contribution is 2.30. The summed E-state index contributed by atoms with van der Waals surface area (Å²) in [7, 11) is -2.82. The average Bonchev–Trinajstić information content (AvgIpc) is 2.92. The number of ether oxygens (including phenoxy) is 2. The first-order valence-electron chi connectivity index (χ1n) is 13.6. The molecule has 1 aromatic heterocycles. The Morgan fingerprint density at radius 1 is 1.12 bits per heavy atom. The lowest BCUT2D eigenvalue weighted by molar-refractivity contribution is -0.140. The van der Waals surface area contributed by atoms with Gasteiger partial charge in [-0.1, -0.05) is 38.1 Å². The van der Waals surface area contributed by atoms with Crippen LogP contribution in [0.25, 0.3) is 11.3 Å². The minimum atomic E-state index is -4.15. The number of methoxy groups -OCH3 is 1. The van der Waals surface area contributed by atoms with Gasteiger partial charge in [-0.05, 0) is 61.9 Å². The van der Waals surface area contributed by atoms with E-state index in [-0.39, 0.29) is 65.7 Å². The molecule has 10 nitrogen and oxygen atoms in total. The maximum Gasteiger partial charge on any atom is 0.305 e. The number of amides is 1. The van der Waals surface area contributed by atoms with Crippen molar-refractivity contribution in [3.8, 4) is 17.1 Å². The molecule has 0 fully saturated rings. The number of aromatic nitrogens is 2. The number of sulfonamides is 1. The number of nitrogens with zero attached hydrogens (tertiary/aromatic N) is 3. The third-order valence-electron chi connectivity index (χ3n) is 6.93. The normalized spacial score (nSPS) is 16.6. The van der Waals surface area contributed by atoms with Crippen LogP contribution in [0.3, 0.4) is 0 Å². The van der Waals surface area contributed by atoms with Crippen LogP contribution in [-0.2, 0) is 19.6 Å². The Morgan fingerprint density at radius 2 is 1.83 bits per heavy atom. The van der Waals surface area contributed by atoms with Gasteiger partial charge in [0, 0.05) is 30.2 Å². The summed E-state index contributed by atoms with van der Waals surface area (Å²) in [6, 6.07) is 13.0. The molecule has 1 amide bonds. The molecule has 0 aliphatic carbocycles. The van der Waals surface area contributed by atoms with Crippen molar-refractivity contribution in [3.05, 3.63) is 65.2 Å². The Hall–Kier alpha value is -3.99. The fourth-order valence-electron chi connectivity index (χ4n) is 4.99. The van der Waals surface area contributed by atoms with E-state index in [1.54, 1.807) is 17.0 Å². The molecule has 11 heteroatoms. The molecule has 2 heterocycles. The van der Waals surface area contributed by atoms with E-state index < -0.39 is 10.0 Å². The quantitative estimate of drug-likeness (QED) is 0.396. The molecule has 0 unspecified atom stereocenters. The van der Waals surface area contributed by atoms with Crippen LogP contribution < -0.4 is 9.46 Å². The van der Waals surface area contributed by atoms with Gasteiger partial charge in [-0.25, -0.2) is 18.1 Å². The summed E-state index contributed by atoms with van der Waals surface area (Å²) >= 11 is 0. The van der Waals surface area contributed by atoms with Crippen molar-refractivity contribution in [1.29, 1.82) is 0 Å². The van der Waals surface area contributed by atoms with E-state index in [0.29, 0.717) is 18.5 Å². The highest BCUT2D eigenvalue weighted by Gasteiger charge is 2.29. The third-order valence-corrected chi connectivity index (χ3v) is 8.26. The summed E-state index contributed by atoms with van der Waals surface area (Å²) in [5.74, 6) is -0.459. The molecule has 0 saturated carbocycles. The van der Waals surface area contributed by atoms with E-state index in [9.17, 15) is 18.0 Å². The van der Waals surface area contributed by atoms with Crippen LogP contribution in [-0.4, -0.2) is 61.5 Å². The number of carbonyl (C=O) groups excluding carboxylic acids is 2. The smallest absolute Gasteiger partial charge is 0.305 e. The lowest BCUT2D eigenvalue weighted by Crippen LogP contribution is -2.45. The van der Waals surface area contributed by atoms with Gasteiger partial charge in [-0.2, -0.15) is 4.98 Å². The first-order chi connectivity index (χ1) is 19.5. The minimum Gasteiger partial charge on any atom is -0.475 e. The van der Waals surface area contributed by atoms with Crippen LogP contribution in [0.2, 0.25) is 0 Å². The van der Waals surface area contributed by atoms with Gasteiger partial charge < -0.3 is 14.4 Å². The van der Waals surface area contributed by atoms with Crippen molar-refractivity contribution >= 4 is 27.8 Å². The second-order valence-electron chi connectivity index (χ2n) is 10.6. The van der Waals surface area contributed by atoms with E-state index in [1.807, 2.05) is 32.0 Å². The molecule has 1 aliphatic rings. The third kappa shape index (κ3) is 7.21. The van der Waals surface area contributed by atoms with Crippen molar-refractivity contribution in [3.63, 3.8) is 0 Å². The molecule has 4 bridgehead atoms.